The highest BCUT2D eigenvalue weighted by atomic mass is 14.9. The van der Waals surface area contributed by atoms with Crippen molar-refractivity contribution in [3.8, 4) is 0 Å². The van der Waals surface area contributed by atoms with Crippen LogP contribution >= 0.6 is 0 Å². The summed E-state index contributed by atoms with van der Waals surface area (Å²) in [5.74, 6) is 0.802. The fraction of sp³-hybridized carbons (Fsp3) is 0.625. The Balaban J connectivity index is 2.47. The SMILES string of the molecule is CCC(NC(C)CCC(C)C)c1ccccc1. The largest absolute Gasteiger partial charge is 0.307 e. The predicted molar refractivity (Wildman–Crippen MR) is 76.1 cm³/mol. The van der Waals surface area contributed by atoms with E-state index in [2.05, 4.69) is 63.3 Å². The molecule has 0 spiro atoms. The van der Waals surface area contributed by atoms with Crippen LogP contribution in [0.2, 0.25) is 0 Å². The van der Waals surface area contributed by atoms with Gasteiger partial charge in [0.15, 0.2) is 0 Å². The maximum absolute atomic E-state index is 3.74. The van der Waals surface area contributed by atoms with E-state index in [-0.39, 0.29) is 0 Å². The van der Waals surface area contributed by atoms with Gasteiger partial charge in [-0.25, -0.2) is 0 Å². The summed E-state index contributed by atoms with van der Waals surface area (Å²) in [4.78, 5) is 0. The summed E-state index contributed by atoms with van der Waals surface area (Å²) < 4.78 is 0. The van der Waals surface area contributed by atoms with Gasteiger partial charge in [-0.2, -0.15) is 0 Å². The topological polar surface area (TPSA) is 12.0 Å². The smallest absolute Gasteiger partial charge is 0.0319 e. The zero-order valence-electron chi connectivity index (χ0n) is 11.7. The minimum atomic E-state index is 0.498. The second kappa shape index (κ2) is 7.50. The Hall–Kier alpha value is -0.820. The van der Waals surface area contributed by atoms with Gasteiger partial charge in [0.05, 0.1) is 0 Å². The van der Waals surface area contributed by atoms with Crippen LogP contribution in [0.5, 0.6) is 0 Å². The van der Waals surface area contributed by atoms with Crippen LogP contribution < -0.4 is 5.32 Å². The summed E-state index contributed by atoms with van der Waals surface area (Å²) in [6.07, 6.45) is 3.72. The van der Waals surface area contributed by atoms with Crippen molar-refractivity contribution < 1.29 is 0 Å². The van der Waals surface area contributed by atoms with Crippen molar-refractivity contribution in [3.63, 3.8) is 0 Å². The van der Waals surface area contributed by atoms with Crippen molar-refractivity contribution in [1.82, 2.24) is 5.32 Å². The van der Waals surface area contributed by atoms with Gasteiger partial charge in [0.1, 0.15) is 0 Å². The average molecular weight is 233 g/mol. The maximum atomic E-state index is 3.74. The predicted octanol–water partition coefficient (Wildman–Crippen LogP) is 4.55. The third-order valence-electron chi connectivity index (χ3n) is 3.27. The Morgan fingerprint density at radius 2 is 1.65 bits per heavy atom. The van der Waals surface area contributed by atoms with Crippen molar-refractivity contribution in [2.45, 2.75) is 59.0 Å². The number of benzene rings is 1. The molecule has 2 atom stereocenters. The van der Waals surface area contributed by atoms with Crippen LogP contribution in [0.1, 0.15) is 58.6 Å². The lowest BCUT2D eigenvalue weighted by Gasteiger charge is -2.23. The minimum Gasteiger partial charge on any atom is -0.307 e. The van der Waals surface area contributed by atoms with Crippen molar-refractivity contribution in [2.75, 3.05) is 0 Å². The van der Waals surface area contributed by atoms with Crippen molar-refractivity contribution in [2.24, 2.45) is 5.92 Å². The standard InChI is InChI=1S/C16H27N/c1-5-16(15-9-7-6-8-10-15)17-14(4)12-11-13(2)3/h6-10,13-14,16-17H,5,11-12H2,1-4H3. The molecule has 1 aromatic rings. The second-order valence-corrected chi connectivity index (χ2v) is 5.41. The molecule has 2 unspecified atom stereocenters. The van der Waals surface area contributed by atoms with E-state index in [1.807, 2.05) is 0 Å². The molecule has 1 heteroatoms. The summed E-state index contributed by atoms with van der Waals surface area (Å²) in [6, 6.07) is 11.9. The first-order chi connectivity index (χ1) is 8.13. The molecule has 0 aromatic heterocycles. The molecule has 0 heterocycles. The number of nitrogens with one attached hydrogen (secondary N) is 1. The Morgan fingerprint density at radius 3 is 2.18 bits per heavy atom. The van der Waals surface area contributed by atoms with Crippen LogP contribution in [0, 0.1) is 5.92 Å². The lowest BCUT2D eigenvalue weighted by atomic mass is 10.0. The van der Waals surface area contributed by atoms with Gasteiger partial charge < -0.3 is 5.32 Å². The zero-order chi connectivity index (χ0) is 12.7. The van der Waals surface area contributed by atoms with E-state index in [0.717, 1.165) is 12.3 Å². The Kier molecular flexibility index (Phi) is 6.28. The third-order valence-corrected chi connectivity index (χ3v) is 3.27. The van der Waals surface area contributed by atoms with E-state index in [1.165, 1.54) is 18.4 Å². The molecule has 0 amide bonds. The van der Waals surface area contributed by atoms with Gasteiger partial charge in [-0.15, -0.1) is 0 Å². The summed E-state index contributed by atoms with van der Waals surface area (Å²) in [6.45, 7) is 9.14. The monoisotopic (exact) mass is 233 g/mol. The molecular formula is C16H27N. The van der Waals surface area contributed by atoms with Gasteiger partial charge in [-0.05, 0) is 37.7 Å². The van der Waals surface area contributed by atoms with Gasteiger partial charge in [-0.3, -0.25) is 0 Å². The van der Waals surface area contributed by atoms with E-state index < -0.39 is 0 Å². The van der Waals surface area contributed by atoms with Crippen LogP contribution in [-0.4, -0.2) is 6.04 Å². The van der Waals surface area contributed by atoms with E-state index in [9.17, 15) is 0 Å². The Labute approximate surface area is 107 Å². The highest BCUT2D eigenvalue weighted by Gasteiger charge is 2.12. The third kappa shape index (κ3) is 5.36. The lowest BCUT2D eigenvalue weighted by molar-refractivity contribution is 0.398. The Morgan fingerprint density at radius 1 is 1.00 bits per heavy atom. The molecule has 1 nitrogen and oxygen atoms in total. The molecular weight excluding hydrogens is 206 g/mol. The Bertz CT molecular complexity index is 292. The van der Waals surface area contributed by atoms with Crippen LogP contribution in [0.3, 0.4) is 0 Å². The molecule has 17 heavy (non-hydrogen) atoms. The number of hydrogen-bond acceptors (Lipinski definition) is 1. The van der Waals surface area contributed by atoms with Gasteiger partial charge in [-0.1, -0.05) is 51.1 Å². The fourth-order valence-electron chi connectivity index (χ4n) is 2.15. The molecule has 1 aromatic carbocycles. The molecule has 0 saturated heterocycles. The molecule has 0 radical (unpaired) electrons. The first-order valence-corrected chi connectivity index (χ1v) is 6.94. The maximum Gasteiger partial charge on any atom is 0.0319 e. The highest BCUT2D eigenvalue weighted by molar-refractivity contribution is 5.18. The molecule has 0 aliphatic rings. The zero-order valence-corrected chi connectivity index (χ0v) is 11.7. The van der Waals surface area contributed by atoms with Gasteiger partial charge in [0.2, 0.25) is 0 Å². The molecule has 0 aliphatic carbocycles. The van der Waals surface area contributed by atoms with E-state index in [4.69, 9.17) is 0 Å². The average Bonchev–Trinajstić information content (AvgIpc) is 2.34. The van der Waals surface area contributed by atoms with E-state index in [1.54, 1.807) is 0 Å². The van der Waals surface area contributed by atoms with Crippen molar-refractivity contribution in [3.05, 3.63) is 35.9 Å². The van der Waals surface area contributed by atoms with Crippen LogP contribution in [-0.2, 0) is 0 Å². The quantitative estimate of drug-likeness (QED) is 0.728. The molecule has 0 bridgehead atoms. The van der Waals surface area contributed by atoms with Gasteiger partial charge >= 0.3 is 0 Å². The molecule has 1 rings (SSSR count). The van der Waals surface area contributed by atoms with Crippen molar-refractivity contribution in [1.29, 1.82) is 0 Å². The summed E-state index contributed by atoms with van der Waals surface area (Å²) in [5.41, 5.74) is 1.41. The van der Waals surface area contributed by atoms with Crippen LogP contribution in [0.25, 0.3) is 0 Å². The molecule has 96 valence electrons. The highest BCUT2D eigenvalue weighted by Crippen LogP contribution is 2.18. The molecule has 0 fully saturated rings. The summed E-state index contributed by atoms with van der Waals surface area (Å²) >= 11 is 0. The summed E-state index contributed by atoms with van der Waals surface area (Å²) in [5, 5.41) is 3.74. The lowest BCUT2D eigenvalue weighted by Crippen LogP contribution is -2.30. The van der Waals surface area contributed by atoms with E-state index >= 15 is 0 Å². The van der Waals surface area contributed by atoms with Crippen molar-refractivity contribution >= 4 is 0 Å². The molecule has 0 saturated carbocycles. The van der Waals surface area contributed by atoms with E-state index in [0.29, 0.717) is 12.1 Å². The van der Waals surface area contributed by atoms with Gasteiger partial charge in [0, 0.05) is 12.1 Å². The number of rotatable bonds is 7. The normalized spacial score (nSPS) is 14.9. The van der Waals surface area contributed by atoms with Crippen LogP contribution in [0.15, 0.2) is 30.3 Å². The number of hydrogen-bond donors (Lipinski definition) is 1. The molecule has 0 aliphatic heterocycles. The first kappa shape index (κ1) is 14.2. The minimum absolute atomic E-state index is 0.498. The first-order valence-electron chi connectivity index (χ1n) is 6.94. The molecule has 1 N–H and O–H groups in total. The fourth-order valence-corrected chi connectivity index (χ4v) is 2.15. The van der Waals surface area contributed by atoms with Gasteiger partial charge in [0.25, 0.3) is 0 Å². The van der Waals surface area contributed by atoms with Crippen LogP contribution in [0.4, 0.5) is 0 Å². The summed E-state index contributed by atoms with van der Waals surface area (Å²) in [7, 11) is 0. The second-order valence-electron chi connectivity index (χ2n) is 5.41.